The zero-order valence-electron chi connectivity index (χ0n) is 13.0. The fourth-order valence-corrected chi connectivity index (χ4v) is 2.62. The minimum Gasteiger partial charge on any atom is -0.545 e. The van der Waals surface area contributed by atoms with E-state index in [2.05, 4.69) is 10.3 Å². The first kappa shape index (κ1) is 21.4. The molecule has 0 atom stereocenters. The van der Waals surface area contributed by atoms with Crippen LogP contribution in [0.3, 0.4) is 0 Å². The van der Waals surface area contributed by atoms with Crippen LogP contribution in [0, 0.1) is 0 Å². The predicted molar refractivity (Wildman–Crippen MR) is 85.9 cm³/mol. The van der Waals surface area contributed by atoms with E-state index in [0.29, 0.717) is 16.5 Å². The van der Waals surface area contributed by atoms with E-state index in [0.717, 1.165) is 11.8 Å². The normalized spacial score (nSPS) is 9.75. The van der Waals surface area contributed by atoms with Crippen LogP contribution in [-0.4, -0.2) is 29.7 Å². The predicted octanol–water partition coefficient (Wildman–Crippen LogP) is -1.16. The maximum absolute atomic E-state index is 12.0. The molecule has 120 valence electrons. The summed E-state index contributed by atoms with van der Waals surface area (Å²) in [6, 6.07) is 7.81. The Morgan fingerprint density at radius 3 is 2.79 bits per heavy atom. The molecule has 0 fully saturated rings. The number of hydrogen-bond acceptors (Lipinski definition) is 7. The van der Waals surface area contributed by atoms with Gasteiger partial charge in [0.25, 0.3) is 0 Å². The number of aromatic nitrogens is 1. The molecule has 0 saturated carbocycles. The van der Waals surface area contributed by atoms with Crippen molar-refractivity contribution >= 4 is 40.1 Å². The third kappa shape index (κ3) is 6.03. The number of pyridine rings is 1. The van der Waals surface area contributed by atoms with Gasteiger partial charge in [-0.3, -0.25) is 4.79 Å². The van der Waals surface area contributed by atoms with E-state index in [9.17, 15) is 14.7 Å². The van der Waals surface area contributed by atoms with Crippen molar-refractivity contribution in [1.82, 2.24) is 4.98 Å². The van der Waals surface area contributed by atoms with E-state index in [-0.39, 0.29) is 73.6 Å². The molecule has 1 aromatic carbocycles. The number of carboxylic acids is 1. The number of methoxy groups -OCH3 is 1. The van der Waals surface area contributed by atoms with Gasteiger partial charge in [0.05, 0.1) is 30.3 Å². The number of benzene rings is 1. The molecule has 2 aromatic rings. The molecule has 6 nitrogen and oxygen atoms in total. The monoisotopic (exact) mass is 390 g/mol. The van der Waals surface area contributed by atoms with Crippen molar-refractivity contribution < 1.29 is 70.8 Å². The summed E-state index contributed by atoms with van der Waals surface area (Å²) in [6.07, 6.45) is 1.41. The Bertz CT molecular complexity index is 745. The van der Waals surface area contributed by atoms with Gasteiger partial charge >= 0.3 is 51.4 Å². The van der Waals surface area contributed by atoms with Crippen molar-refractivity contribution in [2.75, 3.05) is 19.0 Å². The summed E-state index contributed by atoms with van der Waals surface area (Å²) in [4.78, 5) is 26.9. The van der Waals surface area contributed by atoms with Gasteiger partial charge in [0, 0.05) is 17.8 Å². The standard InChI is InChI=1S/C15H13ClN2O4S.K/c1-22-9-4-5-11(16)12(7-9)18-8-13(19)23-14-10(15(20)21)3-2-6-17-14;/h2-7,18H,8H2,1H3,(H,20,21);/q;+1/p-1. The first-order valence-electron chi connectivity index (χ1n) is 6.45. The summed E-state index contributed by atoms with van der Waals surface area (Å²) in [6.45, 7) is -0.0549. The van der Waals surface area contributed by atoms with Gasteiger partial charge in [0.1, 0.15) is 10.8 Å². The van der Waals surface area contributed by atoms with Gasteiger partial charge in [0.2, 0.25) is 5.12 Å². The van der Waals surface area contributed by atoms with Crippen LogP contribution in [0.5, 0.6) is 5.75 Å². The number of carboxylic acid groups (broad SMARTS) is 1. The van der Waals surface area contributed by atoms with Gasteiger partial charge in [0.15, 0.2) is 0 Å². The van der Waals surface area contributed by atoms with Crippen molar-refractivity contribution in [1.29, 1.82) is 0 Å². The summed E-state index contributed by atoms with van der Waals surface area (Å²) >= 11 is 6.76. The third-order valence-corrected chi connectivity index (χ3v) is 4.02. The number of carbonyl (C=O) groups is 2. The van der Waals surface area contributed by atoms with Crippen LogP contribution in [0.25, 0.3) is 0 Å². The van der Waals surface area contributed by atoms with Crippen LogP contribution in [0.4, 0.5) is 5.69 Å². The average Bonchev–Trinajstić information content (AvgIpc) is 2.54. The van der Waals surface area contributed by atoms with E-state index in [1.54, 1.807) is 18.2 Å². The summed E-state index contributed by atoms with van der Waals surface area (Å²) in [5.41, 5.74) is 0.423. The summed E-state index contributed by atoms with van der Waals surface area (Å²) < 4.78 is 5.08. The number of halogens is 1. The molecule has 0 spiro atoms. The maximum atomic E-state index is 12.0. The molecule has 1 N–H and O–H groups in total. The van der Waals surface area contributed by atoms with E-state index < -0.39 is 5.97 Å². The van der Waals surface area contributed by atoms with Crippen molar-refractivity contribution in [3.05, 3.63) is 47.1 Å². The molecule has 0 aliphatic rings. The van der Waals surface area contributed by atoms with E-state index in [1.165, 1.54) is 25.4 Å². The van der Waals surface area contributed by atoms with Crippen molar-refractivity contribution in [2.45, 2.75) is 5.03 Å². The number of anilines is 1. The van der Waals surface area contributed by atoms with Crippen LogP contribution < -0.4 is 66.5 Å². The Balaban J connectivity index is 0.00000288. The zero-order chi connectivity index (χ0) is 16.8. The molecule has 0 radical (unpaired) electrons. The van der Waals surface area contributed by atoms with Crippen molar-refractivity contribution in [3.8, 4) is 5.75 Å². The zero-order valence-corrected chi connectivity index (χ0v) is 17.7. The minimum atomic E-state index is -1.38. The molecule has 24 heavy (non-hydrogen) atoms. The van der Waals surface area contributed by atoms with E-state index >= 15 is 0 Å². The van der Waals surface area contributed by atoms with Gasteiger partial charge in [-0.2, -0.15) is 0 Å². The number of thioether (sulfide) groups is 1. The van der Waals surface area contributed by atoms with E-state index in [1.807, 2.05) is 0 Å². The smallest absolute Gasteiger partial charge is 0.545 e. The molecule has 0 amide bonds. The second-order valence-corrected chi connectivity index (χ2v) is 5.77. The molecule has 0 aliphatic heterocycles. The molecule has 1 heterocycles. The second-order valence-electron chi connectivity index (χ2n) is 4.32. The molecule has 1 aromatic heterocycles. The van der Waals surface area contributed by atoms with Crippen LogP contribution in [0.1, 0.15) is 10.4 Å². The van der Waals surface area contributed by atoms with Crippen LogP contribution >= 0.6 is 23.4 Å². The summed E-state index contributed by atoms with van der Waals surface area (Å²) in [5.74, 6) is -0.779. The fourth-order valence-electron chi connectivity index (χ4n) is 1.71. The fraction of sp³-hybridized carbons (Fsp3) is 0.133. The molecule has 0 bridgehead atoms. The van der Waals surface area contributed by atoms with E-state index in [4.69, 9.17) is 16.3 Å². The quantitative estimate of drug-likeness (QED) is 0.491. The number of aromatic carboxylic acids is 1. The van der Waals surface area contributed by atoms with Crippen molar-refractivity contribution in [2.24, 2.45) is 0 Å². The molecule has 2 rings (SSSR count). The topological polar surface area (TPSA) is 91.3 Å². The van der Waals surface area contributed by atoms with Crippen molar-refractivity contribution in [3.63, 3.8) is 0 Å². The van der Waals surface area contributed by atoms with Gasteiger partial charge in [-0.15, -0.1) is 0 Å². The maximum Gasteiger partial charge on any atom is 1.00 e. The third-order valence-electron chi connectivity index (χ3n) is 2.80. The van der Waals surface area contributed by atoms with Crippen LogP contribution in [0.15, 0.2) is 41.6 Å². The molecule has 0 saturated heterocycles. The molecule has 9 heteroatoms. The largest absolute Gasteiger partial charge is 1.00 e. The molecule has 0 aliphatic carbocycles. The SMILES string of the molecule is COc1ccc(Cl)c(NCC(=O)Sc2ncccc2C(=O)[O-])c1.[K+]. The Morgan fingerprint density at radius 2 is 2.12 bits per heavy atom. The Hall–Kier alpha value is -0.614. The number of nitrogens with zero attached hydrogens (tertiary/aromatic N) is 1. The minimum absolute atomic E-state index is 0. The number of carbonyl (C=O) groups excluding carboxylic acids is 2. The number of rotatable bonds is 6. The Morgan fingerprint density at radius 1 is 1.38 bits per heavy atom. The number of ether oxygens (including phenoxy) is 1. The van der Waals surface area contributed by atoms with Gasteiger partial charge < -0.3 is 20.0 Å². The van der Waals surface area contributed by atoms with Gasteiger partial charge in [-0.05, 0) is 36.0 Å². The second kappa shape index (κ2) is 10.4. The summed E-state index contributed by atoms with van der Waals surface area (Å²) in [5, 5.41) is 14.1. The first-order valence-corrected chi connectivity index (χ1v) is 7.65. The molecular formula is C15H12ClKN2O4S. The first-order chi connectivity index (χ1) is 11.0. The van der Waals surface area contributed by atoms with Crippen LogP contribution in [-0.2, 0) is 4.79 Å². The molecular weight excluding hydrogens is 379 g/mol. The number of nitrogens with one attached hydrogen (secondary N) is 1. The van der Waals surface area contributed by atoms with Crippen LogP contribution in [0.2, 0.25) is 5.02 Å². The van der Waals surface area contributed by atoms with Gasteiger partial charge in [-0.1, -0.05) is 11.6 Å². The molecule has 0 unspecified atom stereocenters. The number of hydrogen-bond donors (Lipinski definition) is 1. The van der Waals surface area contributed by atoms with Gasteiger partial charge in [-0.25, -0.2) is 4.98 Å². The Labute approximate surface area is 190 Å². The Kier molecular flexibility index (Phi) is 9.28. The summed E-state index contributed by atoms with van der Waals surface area (Å²) in [7, 11) is 1.52. The average molecular weight is 391 g/mol.